The Hall–Kier alpha value is -2.60. The maximum Gasteiger partial charge on any atom is 0.101 e. The van der Waals surface area contributed by atoms with Crippen molar-refractivity contribution in [3.05, 3.63) is 59.4 Å². The highest BCUT2D eigenvalue weighted by molar-refractivity contribution is 5.88. The van der Waals surface area contributed by atoms with Crippen molar-refractivity contribution in [2.45, 2.75) is 12.8 Å². The minimum Gasteiger partial charge on any atom is -0.374 e. The summed E-state index contributed by atoms with van der Waals surface area (Å²) in [7, 11) is 2.13. The van der Waals surface area contributed by atoms with E-state index in [-0.39, 0.29) is 0 Å². The van der Waals surface area contributed by atoms with E-state index in [1.807, 2.05) is 24.3 Å². The van der Waals surface area contributed by atoms with E-state index in [4.69, 9.17) is 0 Å². The Morgan fingerprint density at radius 1 is 1.33 bits per heavy atom. The van der Waals surface area contributed by atoms with Crippen LogP contribution in [0.5, 0.6) is 0 Å². The van der Waals surface area contributed by atoms with Crippen molar-refractivity contribution < 1.29 is 0 Å². The Morgan fingerprint density at radius 2 is 2.24 bits per heavy atom. The third-order valence-electron chi connectivity index (χ3n) is 3.83. The van der Waals surface area contributed by atoms with Gasteiger partial charge in [0.05, 0.1) is 11.3 Å². The summed E-state index contributed by atoms with van der Waals surface area (Å²) in [6.45, 7) is 1.11. The summed E-state index contributed by atoms with van der Waals surface area (Å²) >= 11 is 0. The van der Waals surface area contributed by atoms with Gasteiger partial charge in [-0.1, -0.05) is 12.1 Å². The Balaban J connectivity index is 1.97. The fourth-order valence-corrected chi connectivity index (χ4v) is 2.75. The minimum absolute atomic E-state index is 0.597. The first-order valence-corrected chi connectivity index (χ1v) is 7.15. The molecule has 2 heterocycles. The van der Waals surface area contributed by atoms with E-state index >= 15 is 0 Å². The van der Waals surface area contributed by atoms with Crippen molar-refractivity contribution in [2.75, 3.05) is 18.5 Å². The standard InChI is InChI=1S/C18H17N3/c1-21-10-4-5-15-11-14(7-8-18(15)21)12-16(13-19)17-6-2-3-9-20-17/h2-3,6-9,11-12H,4-5,10H2,1H3/b16-12-. The molecule has 1 aliphatic heterocycles. The van der Waals surface area contributed by atoms with Crippen LogP contribution in [-0.4, -0.2) is 18.6 Å². The van der Waals surface area contributed by atoms with E-state index in [0.717, 1.165) is 24.2 Å². The molecule has 1 aromatic carbocycles. The van der Waals surface area contributed by atoms with Crippen LogP contribution in [0.25, 0.3) is 11.6 Å². The van der Waals surface area contributed by atoms with Crippen LogP contribution in [0.3, 0.4) is 0 Å². The Labute approximate surface area is 125 Å². The molecule has 0 unspecified atom stereocenters. The van der Waals surface area contributed by atoms with Crippen molar-refractivity contribution in [3.8, 4) is 6.07 Å². The molecule has 0 atom stereocenters. The summed E-state index contributed by atoms with van der Waals surface area (Å²) in [5, 5.41) is 9.35. The number of pyridine rings is 1. The number of fused-ring (bicyclic) bond motifs is 1. The molecule has 1 aliphatic rings. The molecule has 104 valence electrons. The average molecular weight is 275 g/mol. The van der Waals surface area contributed by atoms with Crippen LogP contribution < -0.4 is 4.90 Å². The summed E-state index contributed by atoms with van der Waals surface area (Å²) in [5.74, 6) is 0. The van der Waals surface area contributed by atoms with E-state index in [2.05, 4.69) is 41.2 Å². The molecule has 3 rings (SSSR count). The lowest BCUT2D eigenvalue weighted by Crippen LogP contribution is -2.24. The zero-order valence-corrected chi connectivity index (χ0v) is 12.1. The minimum atomic E-state index is 0.597. The fourth-order valence-electron chi connectivity index (χ4n) is 2.75. The van der Waals surface area contributed by atoms with Gasteiger partial charge in [0.2, 0.25) is 0 Å². The number of hydrogen-bond acceptors (Lipinski definition) is 3. The van der Waals surface area contributed by atoms with Crippen molar-refractivity contribution >= 4 is 17.3 Å². The van der Waals surface area contributed by atoms with Crippen LogP contribution in [-0.2, 0) is 6.42 Å². The van der Waals surface area contributed by atoms with Crippen molar-refractivity contribution in [3.63, 3.8) is 0 Å². The number of aromatic nitrogens is 1. The number of nitriles is 1. The average Bonchev–Trinajstić information content (AvgIpc) is 2.53. The fraction of sp³-hybridized carbons (Fsp3) is 0.222. The van der Waals surface area contributed by atoms with E-state index in [1.165, 1.54) is 17.7 Å². The van der Waals surface area contributed by atoms with Gasteiger partial charge in [0.1, 0.15) is 6.07 Å². The number of anilines is 1. The zero-order valence-electron chi connectivity index (χ0n) is 12.1. The van der Waals surface area contributed by atoms with Crippen molar-refractivity contribution in [1.29, 1.82) is 5.26 Å². The molecule has 0 spiro atoms. The summed E-state index contributed by atoms with van der Waals surface area (Å²) < 4.78 is 0. The zero-order chi connectivity index (χ0) is 14.7. The lowest BCUT2D eigenvalue weighted by atomic mass is 9.98. The van der Waals surface area contributed by atoms with Gasteiger partial charge in [0, 0.05) is 25.5 Å². The normalized spacial score (nSPS) is 14.5. The number of nitrogens with zero attached hydrogens (tertiary/aromatic N) is 3. The first kappa shape index (κ1) is 13.4. The van der Waals surface area contributed by atoms with Gasteiger partial charge >= 0.3 is 0 Å². The number of aryl methyl sites for hydroxylation is 1. The number of benzene rings is 1. The lowest BCUT2D eigenvalue weighted by molar-refractivity contribution is 0.744. The van der Waals surface area contributed by atoms with Crippen molar-refractivity contribution in [1.82, 2.24) is 4.98 Å². The molecule has 0 saturated heterocycles. The van der Waals surface area contributed by atoms with Crippen molar-refractivity contribution in [2.24, 2.45) is 0 Å². The van der Waals surface area contributed by atoms with Crippen LogP contribution in [0.4, 0.5) is 5.69 Å². The second-order valence-corrected chi connectivity index (χ2v) is 5.30. The van der Waals surface area contributed by atoms with Gasteiger partial charge in [0.25, 0.3) is 0 Å². The van der Waals surface area contributed by atoms with E-state index in [9.17, 15) is 5.26 Å². The molecule has 1 aromatic heterocycles. The largest absolute Gasteiger partial charge is 0.374 e. The number of hydrogen-bond donors (Lipinski definition) is 0. The lowest BCUT2D eigenvalue weighted by Gasteiger charge is -2.27. The summed E-state index contributed by atoms with van der Waals surface area (Å²) in [6, 6.07) is 14.3. The molecule has 0 bridgehead atoms. The predicted molar refractivity (Wildman–Crippen MR) is 85.8 cm³/mol. The van der Waals surface area contributed by atoms with Crippen LogP contribution in [0.2, 0.25) is 0 Å². The maximum absolute atomic E-state index is 9.35. The molecule has 21 heavy (non-hydrogen) atoms. The summed E-state index contributed by atoms with van der Waals surface area (Å²) in [6.07, 6.45) is 5.91. The third kappa shape index (κ3) is 2.80. The Morgan fingerprint density at radius 3 is 3.00 bits per heavy atom. The van der Waals surface area contributed by atoms with Crippen LogP contribution in [0.15, 0.2) is 42.6 Å². The molecule has 3 nitrogen and oxygen atoms in total. The highest BCUT2D eigenvalue weighted by Gasteiger charge is 2.13. The molecule has 0 saturated carbocycles. The Bertz CT molecular complexity index is 711. The van der Waals surface area contributed by atoms with Gasteiger partial charge in [-0.2, -0.15) is 5.26 Å². The number of allylic oxidation sites excluding steroid dienone is 1. The highest BCUT2D eigenvalue weighted by atomic mass is 15.1. The van der Waals surface area contributed by atoms with E-state index in [0.29, 0.717) is 5.57 Å². The predicted octanol–water partition coefficient (Wildman–Crippen LogP) is 3.53. The van der Waals surface area contributed by atoms with E-state index < -0.39 is 0 Å². The number of rotatable bonds is 2. The second kappa shape index (κ2) is 5.80. The van der Waals surface area contributed by atoms with Gasteiger partial charge in [-0.25, -0.2) is 0 Å². The molecular weight excluding hydrogens is 258 g/mol. The topological polar surface area (TPSA) is 39.9 Å². The second-order valence-electron chi connectivity index (χ2n) is 5.30. The summed E-state index contributed by atoms with van der Waals surface area (Å²) in [4.78, 5) is 6.53. The smallest absolute Gasteiger partial charge is 0.101 e. The molecule has 2 aromatic rings. The molecule has 0 aliphatic carbocycles. The van der Waals surface area contributed by atoms with Gasteiger partial charge < -0.3 is 4.90 Å². The third-order valence-corrected chi connectivity index (χ3v) is 3.83. The SMILES string of the molecule is CN1CCCc2cc(/C=C(/C#N)c3ccccn3)ccc21. The molecule has 0 radical (unpaired) electrons. The van der Waals surface area contributed by atoms with Gasteiger partial charge in [0.15, 0.2) is 0 Å². The molecular formula is C18H17N3. The molecule has 0 fully saturated rings. The Kier molecular flexibility index (Phi) is 3.70. The monoisotopic (exact) mass is 275 g/mol. The maximum atomic E-state index is 9.35. The first-order chi connectivity index (χ1) is 10.3. The summed E-state index contributed by atoms with van der Waals surface area (Å²) in [5.41, 5.74) is 5.03. The molecule has 3 heteroatoms. The highest BCUT2D eigenvalue weighted by Crippen LogP contribution is 2.28. The van der Waals surface area contributed by atoms with E-state index in [1.54, 1.807) is 6.20 Å². The molecule has 0 amide bonds. The first-order valence-electron chi connectivity index (χ1n) is 7.15. The van der Waals surface area contributed by atoms with Crippen LogP contribution in [0.1, 0.15) is 23.2 Å². The molecule has 0 N–H and O–H groups in total. The van der Waals surface area contributed by atoms with Crippen LogP contribution >= 0.6 is 0 Å². The van der Waals surface area contributed by atoms with Gasteiger partial charge in [-0.05, 0) is 54.3 Å². The van der Waals surface area contributed by atoms with Gasteiger partial charge in [-0.15, -0.1) is 0 Å². The van der Waals surface area contributed by atoms with Crippen LogP contribution in [0, 0.1) is 11.3 Å². The quantitative estimate of drug-likeness (QED) is 0.787. The van der Waals surface area contributed by atoms with Gasteiger partial charge in [-0.3, -0.25) is 4.98 Å².